The number of hydrogen-bond donors (Lipinski definition) is 2. The van der Waals surface area contributed by atoms with Crippen LogP contribution in [0.3, 0.4) is 0 Å². The van der Waals surface area contributed by atoms with Crippen LogP contribution in [-0.4, -0.2) is 21.8 Å². The van der Waals surface area contributed by atoms with Crippen LogP contribution in [0.15, 0.2) is 60.7 Å². The fourth-order valence-corrected chi connectivity index (χ4v) is 3.60. The first-order valence-corrected chi connectivity index (χ1v) is 8.90. The van der Waals surface area contributed by atoms with Crippen molar-refractivity contribution in [2.75, 3.05) is 0 Å². The number of ketones is 2. The minimum absolute atomic E-state index is 0.0292. The Bertz CT molecular complexity index is 1180. The van der Waals surface area contributed by atoms with Gasteiger partial charge in [-0.25, -0.2) is 0 Å². The van der Waals surface area contributed by atoms with Gasteiger partial charge in [0.15, 0.2) is 11.6 Å². The number of carbonyl (C=O) groups excluding carboxylic acids is 2. The van der Waals surface area contributed by atoms with E-state index in [0.717, 1.165) is 21.5 Å². The number of benzene rings is 4. The Labute approximate surface area is 161 Å². The molecule has 0 bridgehead atoms. The van der Waals surface area contributed by atoms with E-state index in [9.17, 15) is 19.8 Å². The largest absolute Gasteiger partial charge is 0.507 e. The Morgan fingerprint density at radius 1 is 0.607 bits per heavy atom. The lowest BCUT2D eigenvalue weighted by Crippen LogP contribution is -1.94. The molecule has 0 aliphatic heterocycles. The van der Waals surface area contributed by atoms with Crippen molar-refractivity contribution in [3.63, 3.8) is 0 Å². The molecule has 0 spiro atoms. The van der Waals surface area contributed by atoms with Gasteiger partial charge in [0, 0.05) is 22.3 Å². The second-order valence-corrected chi connectivity index (χ2v) is 6.90. The minimum atomic E-state index is -0.0405. The fourth-order valence-electron chi connectivity index (χ4n) is 3.60. The van der Waals surface area contributed by atoms with Gasteiger partial charge in [0.2, 0.25) is 0 Å². The molecule has 0 heterocycles. The van der Waals surface area contributed by atoms with Gasteiger partial charge < -0.3 is 10.2 Å². The normalized spacial score (nSPS) is 11.1. The molecule has 0 aliphatic carbocycles. The number of phenols is 2. The van der Waals surface area contributed by atoms with Crippen LogP contribution in [0.25, 0.3) is 32.7 Å². The summed E-state index contributed by atoms with van der Waals surface area (Å²) < 4.78 is 0. The Hall–Kier alpha value is -3.66. The third-order valence-electron chi connectivity index (χ3n) is 5.06. The van der Waals surface area contributed by atoms with Crippen LogP contribution in [0.4, 0.5) is 0 Å². The second-order valence-electron chi connectivity index (χ2n) is 6.90. The minimum Gasteiger partial charge on any atom is -0.507 e. The van der Waals surface area contributed by atoms with E-state index in [4.69, 9.17) is 0 Å². The van der Waals surface area contributed by atoms with Gasteiger partial charge in [-0.3, -0.25) is 9.59 Å². The van der Waals surface area contributed by atoms with E-state index in [-0.39, 0.29) is 23.1 Å². The van der Waals surface area contributed by atoms with E-state index in [1.807, 2.05) is 0 Å². The molecule has 0 atom stereocenters. The van der Waals surface area contributed by atoms with Crippen molar-refractivity contribution < 1.29 is 19.8 Å². The maximum atomic E-state index is 11.7. The van der Waals surface area contributed by atoms with Gasteiger partial charge in [-0.05, 0) is 59.7 Å². The average Bonchev–Trinajstić information content (AvgIpc) is 2.68. The number of aromatic hydroxyl groups is 2. The first-order chi connectivity index (χ1) is 13.4. The molecule has 4 nitrogen and oxygen atoms in total. The molecule has 138 valence electrons. The molecule has 4 aromatic carbocycles. The quantitative estimate of drug-likeness (QED) is 0.469. The average molecular weight is 370 g/mol. The summed E-state index contributed by atoms with van der Waals surface area (Å²) in [6.45, 7) is 3.01. The van der Waals surface area contributed by atoms with Crippen molar-refractivity contribution in [2.45, 2.75) is 13.8 Å². The van der Waals surface area contributed by atoms with Crippen LogP contribution >= 0.6 is 0 Å². The zero-order valence-corrected chi connectivity index (χ0v) is 15.5. The standard InChI is InChI=1S/C24H18O4/c1-13(25)15-3-7-19-17(11-15)5-9-21(27)23(19)24-20-8-4-16(14(2)26)12-18(20)6-10-22(24)28/h3-12,27-28H,1-2H3. The summed E-state index contributed by atoms with van der Waals surface area (Å²) >= 11 is 0. The molecule has 0 radical (unpaired) electrons. The van der Waals surface area contributed by atoms with Crippen LogP contribution in [0.2, 0.25) is 0 Å². The third kappa shape index (κ3) is 2.79. The van der Waals surface area contributed by atoms with Gasteiger partial charge in [-0.15, -0.1) is 0 Å². The highest BCUT2D eigenvalue weighted by Crippen LogP contribution is 2.44. The Balaban J connectivity index is 2.08. The van der Waals surface area contributed by atoms with Gasteiger partial charge in [0.1, 0.15) is 11.5 Å². The van der Waals surface area contributed by atoms with E-state index in [2.05, 4.69) is 0 Å². The Morgan fingerprint density at radius 2 is 1.00 bits per heavy atom. The van der Waals surface area contributed by atoms with Crippen molar-refractivity contribution in [3.8, 4) is 22.6 Å². The number of carbonyl (C=O) groups is 2. The highest BCUT2D eigenvalue weighted by molar-refractivity contribution is 6.11. The summed E-state index contributed by atoms with van der Waals surface area (Å²) in [5.74, 6) is -0.0226. The second kappa shape index (κ2) is 6.50. The first kappa shape index (κ1) is 17.7. The molecule has 0 saturated carbocycles. The summed E-state index contributed by atoms with van der Waals surface area (Å²) in [6.07, 6.45) is 0. The fraction of sp³-hybridized carbons (Fsp3) is 0.0833. The van der Waals surface area contributed by atoms with Crippen molar-refractivity contribution in [1.82, 2.24) is 0 Å². The predicted molar refractivity (Wildman–Crippen MR) is 110 cm³/mol. The monoisotopic (exact) mass is 370 g/mol. The highest BCUT2D eigenvalue weighted by atomic mass is 16.3. The molecule has 0 unspecified atom stereocenters. The lowest BCUT2D eigenvalue weighted by Gasteiger charge is -2.15. The summed E-state index contributed by atoms with van der Waals surface area (Å²) in [5.41, 5.74) is 2.15. The summed E-state index contributed by atoms with van der Waals surface area (Å²) in [6, 6.07) is 17.1. The number of Topliss-reactive ketones (excluding diaryl/α,β-unsaturated/α-hetero) is 2. The van der Waals surface area contributed by atoms with E-state index in [1.54, 1.807) is 60.7 Å². The van der Waals surface area contributed by atoms with Gasteiger partial charge in [0.05, 0.1) is 0 Å². The van der Waals surface area contributed by atoms with E-state index < -0.39 is 0 Å². The molecular formula is C24H18O4. The SMILES string of the molecule is CC(=O)c1ccc2c(-c3c(O)ccc4cc(C(C)=O)ccc34)c(O)ccc2c1. The molecule has 0 saturated heterocycles. The van der Waals surface area contributed by atoms with Crippen LogP contribution in [-0.2, 0) is 0 Å². The number of hydrogen-bond acceptors (Lipinski definition) is 4. The molecule has 4 aromatic rings. The van der Waals surface area contributed by atoms with Gasteiger partial charge >= 0.3 is 0 Å². The molecular weight excluding hydrogens is 352 g/mol. The summed E-state index contributed by atoms with van der Waals surface area (Å²) in [5, 5.41) is 24.3. The van der Waals surface area contributed by atoms with Crippen LogP contribution < -0.4 is 0 Å². The predicted octanol–water partition coefficient (Wildman–Crippen LogP) is 5.48. The lowest BCUT2D eigenvalue weighted by atomic mass is 9.90. The molecule has 4 heteroatoms. The summed E-state index contributed by atoms with van der Waals surface area (Å²) in [7, 11) is 0. The maximum Gasteiger partial charge on any atom is 0.159 e. The molecule has 2 N–H and O–H groups in total. The summed E-state index contributed by atoms with van der Waals surface area (Å²) in [4.78, 5) is 23.4. The van der Waals surface area contributed by atoms with Gasteiger partial charge in [-0.1, -0.05) is 36.4 Å². The maximum absolute atomic E-state index is 11.7. The number of fused-ring (bicyclic) bond motifs is 2. The molecule has 0 aromatic heterocycles. The Kier molecular flexibility index (Phi) is 4.12. The van der Waals surface area contributed by atoms with Gasteiger partial charge in [0.25, 0.3) is 0 Å². The zero-order chi connectivity index (χ0) is 20.0. The smallest absolute Gasteiger partial charge is 0.159 e. The van der Waals surface area contributed by atoms with Crippen molar-refractivity contribution in [1.29, 1.82) is 0 Å². The van der Waals surface area contributed by atoms with Crippen LogP contribution in [0, 0.1) is 0 Å². The molecule has 0 aliphatic rings. The van der Waals surface area contributed by atoms with E-state index >= 15 is 0 Å². The number of phenolic OH excluding ortho intramolecular Hbond substituents is 2. The van der Waals surface area contributed by atoms with Crippen LogP contribution in [0.5, 0.6) is 11.5 Å². The first-order valence-electron chi connectivity index (χ1n) is 8.90. The van der Waals surface area contributed by atoms with E-state index in [1.165, 1.54) is 13.8 Å². The highest BCUT2D eigenvalue weighted by Gasteiger charge is 2.17. The topological polar surface area (TPSA) is 74.6 Å². The van der Waals surface area contributed by atoms with E-state index in [0.29, 0.717) is 22.3 Å². The van der Waals surface area contributed by atoms with Crippen LogP contribution in [0.1, 0.15) is 34.6 Å². The molecule has 28 heavy (non-hydrogen) atoms. The van der Waals surface area contributed by atoms with Crippen molar-refractivity contribution in [3.05, 3.63) is 71.8 Å². The van der Waals surface area contributed by atoms with Gasteiger partial charge in [-0.2, -0.15) is 0 Å². The number of rotatable bonds is 3. The van der Waals surface area contributed by atoms with Crippen molar-refractivity contribution >= 4 is 33.1 Å². The lowest BCUT2D eigenvalue weighted by molar-refractivity contribution is 0.100. The van der Waals surface area contributed by atoms with Crippen molar-refractivity contribution in [2.24, 2.45) is 0 Å². The zero-order valence-electron chi connectivity index (χ0n) is 15.5. The molecule has 4 rings (SSSR count). The Morgan fingerprint density at radius 3 is 1.36 bits per heavy atom. The molecule has 0 amide bonds. The third-order valence-corrected chi connectivity index (χ3v) is 5.06. The molecule has 0 fully saturated rings.